The highest BCUT2D eigenvalue weighted by Crippen LogP contribution is 2.10. The second kappa shape index (κ2) is 9.89. The van der Waals surface area contributed by atoms with Crippen molar-refractivity contribution in [1.82, 2.24) is 16.2 Å². The maximum absolute atomic E-state index is 12.8. The first-order valence-electron chi connectivity index (χ1n) is 7.32. The summed E-state index contributed by atoms with van der Waals surface area (Å²) in [5.41, 5.74) is 7.26. The fraction of sp³-hybridized carbons (Fsp3) is 0.176. The zero-order valence-corrected chi connectivity index (χ0v) is 14.6. The molecule has 0 aliphatic rings. The third-order valence-corrected chi connectivity index (χ3v) is 4.28. The van der Waals surface area contributed by atoms with Gasteiger partial charge >= 0.3 is 0 Å². The van der Waals surface area contributed by atoms with Crippen LogP contribution in [-0.4, -0.2) is 16.8 Å². The van der Waals surface area contributed by atoms with Gasteiger partial charge in [0.1, 0.15) is 5.82 Å². The van der Waals surface area contributed by atoms with Gasteiger partial charge in [-0.15, -0.1) is 11.8 Å². The lowest BCUT2D eigenvalue weighted by Gasteiger charge is -2.11. The Kier molecular flexibility index (Phi) is 7.51. The number of halogens is 1. The predicted molar refractivity (Wildman–Crippen MR) is 99.7 cm³/mol. The summed E-state index contributed by atoms with van der Waals surface area (Å²) >= 11 is 6.60. The van der Waals surface area contributed by atoms with E-state index in [0.717, 1.165) is 11.3 Å². The first-order chi connectivity index (χ1) is 11.6. The van der Waals surface area contributed by atoms with Gasteiger partial charge in [0, 0.05) is 12.3 Å². The van der Waals surface area contributed by atoms with Crippen molar-refractivity contribution in [3.63, 3.8) is 0 Å². The smallest absolute Gasteiger partial charge is 0.248 e. The van der Waals surface area contributed by atoms with E-state index in [-0.39, 0.29) is 11.7 Å². The number of hydrogen-bond donors (Lipinski definition) is 3. The Morgan fingerprint density at radius 2 is 1.71 bits per heavy atom. The van der Waals surface area contributed by atoms with Crippen LogP contribution in [0.2, 0.25) is 0 Å². The first kappa shape index (κ1) is 18.2. The third-order valence-electron chi connectivity index (χ3n) is 3.03. The number of hydrazine groups is 1. The van der Waals surface area contributed by atoms with Crippen molar-refractivity contribution in [2.45, 2.75) is 12.3 Å². The molecular weight excluding hydrogens is 345 g/mol. The molecule has 0 bridgehead atoms. The van der Waals surface area contributed by atoms with Crippen LogP contribution in [0.15, 0.2) is 54.6 Å². The lowest BCUT2D eigenvalue weighted by Crippen LogP contribution is -2.47. The number of carbonyl (C=O) groups excluding carboxylic acids is 1. The number of nitrogens with one attached hydrogen (secondary N) is 3. The van der Waals surface area contributed by atoms with Gasteiger partial charge < -0.3 is 5.32 Å². The van der Waals surface area contributed by atoms with E-state index in [1.807, 2.05) is 30.3 Å². The van der Waals surface area contributed by atoms with Gasteiger partial charge in [-0.2, -0.15) is 0 Å². The molecule has 2 aromatic carbocycles. The molecule has 0 aliphatic heterocycles. The summed E-state index contributed by atoms with van der Waals surface area (Å²) in [5, 5.41) is 3.24. The van der Waals surface area contributed by atoms with E-state index in [1.165, 1.54) is 29.5 Å². The highest BCUT2D eigenvalue weighted by Gasteiger charge is 2.03. The molecule has 0 spiro atoms. The number of thiocarbonyl (C=S) groups is 1. The Hall–Kier alpha value is -2.12. The van der Waals surface area contributed by atoms with Crippen LogP contribution in [0.5, 0.6) is 0 Å². The molecule has 4 nitrogen and oxygen atoms in total. The molecule has 0 saturated carbocycles. The Morgan fingerprint density at radius 3 is 2.42 bits per heavy atom. The second-order valence-corrected chi connectivity index (χ2v) is 6.35. The molecular formula is C17H18FN3OS2. The van der Waals surface area contributed by atoms with Crippen LogP contribution in [0.3, 0.4) is 0 Å². The van der Waals surface area contributed by atoms with E-state index >= 15 is 0 Å². The van der Waals surface area contributed by atoms with Gasteiger partial charge in [-0.1, -0.05) is 42.5 Å². The minimum atomic E-state index is -0.278. The number of thioether (sulfide) groups is 1. The van der Waals surface area contributed by atoms with E-state index < -0.39 is 0 Å². The minimum absolute atomic E-state index is 0.151. The van der Waals surface area contributed by atoms with Crippen molar-refractivity contribution >= 4 is 35.0 Å². The summed E-state index contributed by atoms with van der Waals surface area (Å²) in [5.74, 6) is 0.686. The van der Waals surface area contributed by atoms with Gasteiger partial charge in [-0.3, -0.25) is 15.6 Å². The number of hydrogen-bond acceptors (Lipinski definition) is 3. The molecule has 0 heterocycles. The molecule has 0 aromatic heterocycles. The summed E-state index contributed by atoms with van der Waals surface area (Å²) < 4.78 is 12.8. The normalized spacial score (nSPS) is 10.0. The topological polar surface area (TPSA) is 53.2 Å². The molecule has 2 rings (SSSR count). The molecule has 2 aromatic rings. The number of rotatable bonds is 6. The summed E-state index contributed by atoms with van der Waals surface area (Å²) in [6.45, 7) is 0.449. The van der Waals surface area contributed by atoms with Crippen molar-refractivity contribution in [2.75, 3.05) is 5.75 Å². The van der Waals surface area contributed by atoms with Crippen LogP contribution < -0.4 is 16.2 Å². The van der Waals surface area contributed by atoms with Gasteiger partial charge in [0.15, 0.2) is 5.11 Å². The third kappa shape index (κ3) is 6.97. The van der Waals surface area contributed by atoms with Gasteiger partial charge in [-0.25, -0.2) is 4.39 Å². The molecule has 0 fully saturated rings. The molecule has 126 valence electrons. The average molecular weight is 363 g/mol. The molecule has 0 saturated heterocycles. The average Bonchev–Trinajstić information content (AvgIpc) is 2.60. The highest BCUT2D eigenvalue weighted by atomic mass is 32.2. The largest absolute Gasteiger partial charge is 0.357 e. The van der Waals surface area contributed by atoms with Gasteiger partial charge in [0.05, 0.1) is 5.75 Å². The molecule has 0 aliphatic carbocycles. The Labute approximate surface area is 150 Å². The molecule has 1 amide bonds. The molecule has 0 unspecified atom stereocenters. The van der Waals surface area contributed by atoms with E-state index in [4.69, 9.17) is 12.2 Å². The fourth-order valence-electron chi connectivity index (χ4n) is 1.83. The van der Waals surface area contributed by atoms with Crippen LogP contribution in [0.4, 0.5) is 4.39 Å². The van der Waals surface area contributed by atoms with Gasteiger partial charge in [0.2, 0.25) is 5.91 Å². The predicted octanol–water partition coefficient (Wildman–Crippen LogP) is 2.75. The van der Waals surface area contributed by atoms with Crippen LogP contribution in [0, 0.1) is 5.82 Å². The fourth-order valence-corrected chi connectivity index (χ4v) is 2.74. The summed E-state index contributed by atoms with van der Waals surface area (Å²) in [6.07, 6.45) is 0. The molecule has 0 atom stereocenters. The first-order valence-corrected chi connectivity index (χ1v) is 8.88. The van der Waals surface area contributed by atoms with E-state index in [1.54, 1.807) is 12.1 Å². The number of carbonyl (C=O) groups is 1. The zero-order valence-electron chi connectivity index (χ0n) is 12.9. The van der Waals surface area contributed by atoms with E-state index in [0.29, 0.717) is 17.4 Å². The Morgan fingerprint density at radius 1 is 1.00 bits per heavy atom. The van der Waals surface area contributed by atoms with Crippen molar-refractivity contribution in [3.8, 4) is 0 Å². The Balaban J connectivity index is 1.59. The number of benzene rings is 2. The highest BCUT2D eigenvalue weighted by molar-refractivity contribution is 7.99. The second-order valence-electron chi connectivity index (χ2n) is 4.96. The lowest BCUT2D eigenvalue weighted by atomic mass is 10.2. The number of amides is 1. The van der Waals surface area contributed by atoms with Crippen LogP contribution in [0.1, 0.15) is 11.1 Å². The Bertz CT molecular complexity index is 665. The van der Waals surface area contributed by atoms with Crippen LogP contribution in [0.25, 0.3) is 0 Å². The van der Waals surface area contributed by atoms with Gasteiger partial charge in [-0.05, 0) is 35.5 Å². The van der Waals surface area contributed by atoms with Gasteiger partial charge in [0.25, 0.3) is 0 Å². The summed E-state index contributed by atoms with van der Waals surface area (Å²) in [7, 11) is 0. The molecule has 7 heteroatoms. The summed E-state index contributed by atoms with van der Waals surface area (Å²) in [4.78, 5) is 11.7. The van der Waals surface area contributed by atoms with Crippen molar-refractivity contribution in [3.05, 3.63) is 71.5 Å². The van der Waals surface area contributed by atoms with Crippen LogP contribution in [-0.2, 0) is 17.1 Å². The zero-order chi connectivity index (χ0) is 17.2. The van der Waals surface area contributed by atoms with Crippen molar-refractivity contribution < 1.29 is 9.18 Å². The molecule has 24 heavy (non-hydrogen) atoms. The maximum atomic E-state index is 12.8. The maximum Gasteiger partial charge on any atom is 0.248 e. The minimum Gasteiger partial charge on any atom is -0.357 e. The van der Waals surface area contributed by atoms with E-state index in [9.17, 15) is 9.18 Å². The summed E-state index contributed by atoms with van der Waals surface area (Å²) in [6, 6.07) is 16.1. The van der Waals surface area contributed by atoms with E-state index in [2.05, 4.69) is 16.2 Å². The molecule has 3 N–H and O–H groups in total. The van der Waals surface area contributed by atoms with Crippen molar-refractivity contribution in [2.24, 2.45) is 0 Å². The quantitative estimate of drug-likeness (QED) is 0.544. The monoisotopic (exact) mass is 363 g/mol. The lowest BCUT2D eigenvalue weighted by molar-refractivity contribution is -0.119. The van der Waals surface area contributed by atoms with Crippen molar-refractivity contribution in [1.29, 1.82) is 0 Å². The van der Waals surface area contributed by atoms with Crippen LogP contribution >= 0.6 is 24.0 Å². The molecule has 0 radical (unpaired) electrons. The standard InChI is InChI=1S/C17H18FN3OS2/c18-15-8-6-13(7-9-15)10-19-17(23)21-20-16(22)12-24-11-14-4-2-1-3-5-14/h1-9H,10-12H2,(H,20,22)(H2,19,21,23). The SMILES string of the molecule is O=C(CSCc1ccccc1)NNC(=S)NCc1ccc(F)cc1.